The van der Waals surface area contributed by atoms with Crippen molar-refractivity contribution in [3.05, 3.63) is 0 Å². The quantitative estimate of drug-likeness (QED) is 0.550. The number of alkyl halides is 1. The lowest BCUT2D eigenvalue weighted by Crippen LogP contribution is -2.23. The molecule has 0 aliphatic carbocycles. The zero-order valence-electron chi connectivity index (χ0n) is 10.6. The molecule has 3 nitrogen and oxygen atoms in total. The summed E-state index contributed by atoms with van der Waals surface area (Å²) in [6.45, 7) is 13.5. The van der Waals surface area contributed by atoms with Gasteiger partial charge in [0.15, 0.2) is 0 Å². The maximum absolute atomic E-state index is 5.76. The second kappa shape index (κ2) is 5.79. The van der Waals surface area contributed by atoms with Crippen molar-refractivity contribution in [2.24, 2.45) is 0 Å². The highest BCUT2D eigenvalue weighted by molar-refractivity contribution is 7.41. The normalized spacial score (nSPS) is 15.8. The molecule has 0 rings (SSSR count). The van der Waals surface area contributed by atoms with Crippen molar-refractivity contribution < 1.29 is 13.6 Å². The second-order valence-corrected chi connectivity index (χ2v) is 6.92. The van der Waals surface area contributed by atoms with E-state index in [2.05, 4.69) is 0 Å². The van der Waals surface area contributed by atoms with Gasteiger partial charge in [0.25, 0.3) is 0 Å². The zero-order valence-corrected chi connectivity index (χ0v) is 12.3. The Bertz CT molecular complexity index is 168. The highest BCUT2D eigenvalue weighted by atomic mass is 35.5. The maximum Gasteiger partial charge on any atom is 0.335 e. The third-order valence-corrected chi connectivity index (χ3v) is 3.02. The molecular weight excluding hydrogens is 235 g/mol. The lowest BCUT2D eigenvalue weighted by molar-refractivity contribution is 0.0307. The summed E-state index contributed by atoms with van der Waals surface area (Å²) in [5, 5.41) is 0. The predicted octanol–water partition coefficient (Wildman–Crippen LogP) is 4.44. The monoisotopic (exact) mass is 256 g/mol. The van der Waals surface area contributed by atoms with Gasteiger partial charge in [-0.2, -0.15) is 0 Å². The lowest BCUT2D eigenvalue weighted by atomic mass is 10.2. The Hall–Kier alpha value is 0.600. The van der Waals surface area contributed by atoms with Crippen molar-refractivity contribution in [3.8, 4) is 0 Å². The van der Waals surface area contributed by atoms with E-state index in [1.54, 1.807) is 6.92 Å². The van der Waals surface area contributed by atoms with Crippen LogP contribution < -0.4 is 0 Å². The number of rotatable bonds is 4. The highest BCUT2D eigenvalue weighted by Gasteiger charge is 2.28. The SMILES string of the molecule is CC(Cl)OP(OC(C)(C)C)OC(C)(C)C. The van der Waals surface area contributed by atoms with E-state index in [1.165, 1.54) is 0 Å². The molecule has 0 saturated carbocycles. The summed E-state index contributed by atoms with van der Waals surface area (Å²) >= 11 is 5.76. The van der Waals surface area contributed by atoms with E-state index in [0.29, 0.717) is 0 Å². The molecule has 0 amide bonds. The molecule has 5 heteroatoms. The fourth-order valence-electron chi connectivity index (χ4n) is 0.627. The third kappa shape index (κ3) is 10.9. The van der Waals surface area contributed by atoms with Crippen LogP contribution in [0.4, 0.5) is 0 Å². The first-order valence-electron chi connectivity index (χ1n) is 4.99. The summed E-state index contributed by atoms with van der Waals surface area (Å²) in [5.74, 6) is 0. The van der Waals surface area contributed by atoms with Crippen molar-refractivity contribution in [3.63, 3.8) is 0 Å². The fourth-order valence-corrected chi connectivity index (χ4v) is 2.08. The minimum Gasteiger partial charge on any atom is -0.306 e. The van der Waals surface area contributed by atoms with Crippen molar-refractivity contribution >= 4 is 20.2 Å². The summed E-state index contributed by atoms with van der Waals surface area (Å²) < 4.78 is 16.7. The van der Waals surface area contributed by atoms with Gasteiger partial charge in [-0.05, 0) is 48.5 Å². The van der Waals surface area contributed by atoms with Gasteiger partial charge in [-0.25, -0.2) is 0 Å². The molecule has 0 aliphatic rings. The largest absolute Gasteiger partial charge is 0.335 e. The topological polar surface area (TPSA) is 27.7 Å². The molecule has 0 heterocycles. The van der Waals surface area contributed by atoms with Gasteiger partial charge in [0.2, 0.25) is 0 Å². The third-order valence-electron chi connectivity index (χ3n) is 0.928. The molecule has 0 bridgehead atoms. The van der Waals surface area contributed by atoms with Gasteiger partial charge >= 0.3 is 8.60 Å². The van der Waals surface area contributed by atoms with E-state index in [0.717, 1.165) is 0 Å². The molecule has 0 aromatic carbocycles. The van der Waals surface area contributed by atoms with E-state index >= 15 is 0 Å². The number of hydrogen-bond donors (Lipinski definition) is 0. The van der Waals surface area contributed by atoms with Crippen molar-refractivity contribution in [1.29, 1.82) is 0 Å². The van der Waals surface area contributed by atoms with Crippen LogP contribution in [0, 0.1) is 0 Å². The Morgan fingerprint density at radius 3 is 1.47 bits per heavy atom. The highest BCUT2D eigenvalue weighted by Crippen LogP contribution is 2.48. The summed E-state index contributed by atoms with van der Waals surface area (Å²) in [6.07, 6.45) is 0. The molecule has 0 aromatic heterocycles. The molecule has 0 fully saturated rings. The van der Waals surface area contributed by atoms with Crippen LogP contribution in [-0.2, 0) is 13.6 Å². The van der Waals surface area contributed by atoms with E-state index in [4.69, 9.17) is 25.2 Å². The Kier molecular flexibility index (Phi) is 6.02. The zero-order chi connectivity index (χ0) is 12.3. The average Bonchev–Trinajstić information content (AvgIpc) is 1.73. The van der Waals surface area contributed by atoms with Crippen LogP contribution in [0.2, 0.25) is 0 Å². The molecule has 0 aliphatic heterocycles. The Morgan fingerprint density at radius 2 is 1.27 bits per heavy atom. The van der Waals surface area contributed by atoms with Crippen LogP contribution in [0.1, 0.15) is 48.5 Å². The molecule has 0 saturated heterocycles. The van der Waals surface area contributed by atoms with Crippen molar-refractivity contribution in [1.82, 2.24) is 0 Å². The molecule has 0 radical (unpaired) electrons. The Labute approximate surface area is 99.4 Å². The lowest BCUT2D eigenvalue weighted by Gasteiger charge is -2.30. The molecular formula is C10H22ClO3P. The second-order valence-electron chi connectivity index (χ2n) is 5.28. The molecule has 1 unspecified atom stereocenters. The van der Waals surface area contributed by atoms with Gasteiger partial charge in [0, 0.05) is 0 Å². The summed E-state index contributed by atoms with van der Waals surface area (Å²) in [6, 6.07) is 0. The maximum atomic E-state index is 5.76. The van der Waals surface area contributed by atoms with E-state index in [1.807, 2.05) is 41.5 Å². The van der Waals surface area contributed by atoms with Gasteiger partial charge in [0.05, 0.1) is 11.2 Å². The van der Waals surface area contributed by atoms with E-state index < -0.39 is 14.2 Å². The van der Waals surface area contributed by atoms with Crippen LogP contribution in [0.15, 0.2) is 0 Å². The number of hydrogen-bond acceptors (Lipinski definition) is 3. The summed E-state index contributed by atoms with van der Waals surface area (Å²) in [4.78, 5) is 0. The summed E-state index contributed by atoms with van der Waals surface area (Å²) in [7, 11) is -1.41. The molecule has 92 valence electrons. The first-order valence-corrected chi connectivity index (χ1v) is 6.52. The van der Waals surface area contributed by atoms with Gasteiger partial charge in [-0.1, -0.05) is 11.6 Å². The average molecular weight is 257 g/mol. The van der Waals surface area contributed by atoms with E-state index in [-0.39, 0.29) is 11.2 Å². The van der Waals surface area contributed by atoms with Crippen molar-refractivity contribution in [2.75, 3.05) is 0 Å². The van der Waals surface area contributed by atoms with Crippen LogP contribution in [0.25, 0.3) is 0 Å². The molecule has 15 heavy (non-hydrogen) atoms. The molecule has 0 spiro atoms. The standard InChI is InChI=1S/C10H22ClO3P/c1-8(11)12-15(13-9(2,3)4)14-10(5,6)7/h8H,1-7H3. The Balaban J connectivity index is 4.32. The van der Waals surface area contributed by atoms with Gasteiger partial charge in [0.1, 0.15) is 5.56 Å². The van der Waals surface area contributed by atoms with Crippen LogP contribution >= 0.6 is 20.2 Å². The van der Waals surface area contributed by atoms with Gasteiger partial charge < -0.3 is 9.05 Å². The predicted molar refractivity (Wildman–Crippen MR) is 65.0 cm³/mol. The van der Waals surface area contributed by atoms with Gasteiger partial charge in [-0.3, -0.25) is 4.52 Å². The first-order chi connectivity index (χ1) is 6.49. The minimum atomic E-state index is -1.41. The summed E-state index contributed by atoms with van der Waals surface area (Å²) in [5.41, 5.74) is -1.02. The molecule has 0 aromatic rings. The minimum absolute atomic E-state index is 0.303. The fraction of sp³-hybridized carbons (Fsp3) is 1.00. The van der Waals surface area contributed by atoms with Crippen molar-refractivity contribution in [2.45, 2.75) is 65.2 Å². The number of halogens is 1. The first kappa shape index (κ1) is 15.6. The molecule has 1 atom stereocenters. The van der Waals surface area contributed by atoms with Crippen LogP contribution in [0.5, 0.6) is 0 Å². The van der Waals surface area contributed by atoms with E-state index in [9.17, 15) is 0 Å². The Morgan fingerprint density at radius 1 is 0.933 bits per heavy atom. The van der Waals surface area contributed by atoms with Crippen LogP contribution in [-0.4, -0.2) is 16.8 Å². The smallest absolute Gasteiger partial charge is 0.306 e. The van der Waals surface area contributed by atoms with Gasteiger partial charge in [-0.15, -0.1) is 0 Å². The molecule has 0 N–H and O–H groups in total. The van der Waals surface area contributed by atoms with Crippen LogP contribution in [0.3, 0.4) is 0 Å².